The lowest BCUT2D eigenvalue weighted by Crippen LogP contribution is -2.33. The van der Waals surface area contributed by atoms with Gasteiger partial charge in [0.1, 0.15) is 0 Å². The number of aliphatic hydroxyl groups is 1. The van der Waals surface area contributed by atoms with Gasteiger partial charge in [-0.2, -0.15) is 13.2 Å². The molecule has 3 rings (SSSR count). The highest BCUT2D eigenvalue weighted by molar-refractivity contribution is 5.90. The molecule has 0 saturated carbocycles. The largest absolute Gasteiger partial charge is 0.418 e. The molecule has 0 aliphatic rings. The molecule has 3 N–H and O–H groups in total. The maximum absolute atomic E-state index is 13.0. The van der Waals surface area contributed by atoms with Crippen LogP contribution in [0.5, 0.6) is 0 Å². The topological polar surface area (TPSA) is 61.4 Å². The van der Waals surface area contributed by atoms with Gasteiger partial charge in [-0.1, -0.05) is 54.6 Å². The Labute approximate surface area is 153 Å². The zero-order chi connectivity index (χ0) is 19.4. The molecule has 1 atom stereocenters. The molecular formula is C20H17F3N2O2. The minimum absolute atomic E-state index is 0.145. The normalized spacial score (nSPS) is 12.6. The van der Waals surface area contributed by atoms with E-state index in [-0.39, 0.29) is 12.2 Å². The average Bonchev–Trinajstić information content (AvgIpc) is 2.65. The third kappa shape index (κ3) is 4.38. The predicted molar refractivity (Wildman–Crippen MR) is 97.4 cm³/mol. The Morgan fingerprint density at radius 2 is 1.63 bits per heavy atom. The highest BCUT2D eigenvalue weighted by Crippen LogP contribution is 2.34. The first-order valence-corrected chi connectivity index (χ1v) is 8.23. The van der Waals surface area contributed by atoms with Crippen LogP contribution in [0.15, 0.2) is 66.7 Å². The predicted octanol–water partition coefficient (Wildman–Crippen LogP) is 4.71. The number of urea groups is 1. The molecule has 0 saturated heterocycles. The fourth-order valence-corrected chi connectivity index (χ4v) is 2.85. The third-order valence-corrected chi connectivity index (χ3v) is 4.12. The number of nitrogens with one attached hydrogen (secondary N) is 2. The summed E-state index contributed by atoms with van der Waals surface area (Å²) in [4.78, 5) is 12.0. The minimum Gasteiger partial charge on any atom is -0.387 e. The minimum atomic E-state index is -4.58. The summed E-state index contributed by atoms with van der Waals surface area (Å²) in [5.41, 5.74) is -0.652. The molecule has 0 radical (unpaired) electrons. The van der Waals surface area contributed by atoms with Gasteiger partial charge in [0.2, 0.25) is 0 Å². The smallest absolute Gasteiger partial charge is 0.387 e. The number of carbonyl (C=O) groups excluding carboxylic acids is 1. The second kappa shape index (κ2) is 7.67. The van der Waals surface area contributed by atoms with Gasteiger partial charge in [0.05, 0.1) is 17.4 Å². The standard InChI is InChI=1S/C20H17F3N2O2/c21-20(22,23)16-10-3-4-11-17(16)25-19(27)24-12-18(26)15-9-5-7-13-6-1-2-8-14(13)15/h1-11,18,26H,12H2,(H2,24,25,27)/t18-/m1/s1. The number of rotatable bonds is 4. The zero-order valence-corrected chi connectivity index (χ0v) is 14.1. The lowest BCUT2D eigenvalue weighted by molar-refractivity contribution is -0.136. The molecule has 0 fully saturated rings. The van der Waals surface area contributed by atoms with E-state index in [4.69, 9.17) is 0 Å². The maximum Gasteiger partial charge on any atom is 0.418 e. The van der Waals surface area contributed by atoms with E-state index in [1.54, 1.807) is 12.1 Å². The number of fused-ring (bicyclic) bond motifs is 1. The van der Waals surface area contributed by atoms with Crippen molar-refractivity contribution in [3.63, 3.8) is 0 Å². The second-order valence-corrected chi connectivity index (χ2v) is 5.96. The van der Waals surface area contributed by atoms with Crippen LogP contribution in [0.1, 0.15) is 17.2 Å². The quantitative estimate of drug-likeness (QED) is 0.619. The summed E-state index contributed by atoms with van der Waals surface area (Å²) < 4.78 is 38.9. The first kappa shape index (κ1) is 18.7. The van der Waals surface area contributed by atoms with Gasteiger partial charge in [-0.25, -0.2) is 4.79 Å². The monoisotopic (exact) mass is 374 g/mol. The number of amides is 2. The lowest BCUT2D eigenvalue weighted by atomic mass is 10.0. The lowest BCUT2D eigenvalue weighted by Gasteiger charge is -2.17. The summed E-state index contributed by atoms with van der Waals surface area (Å²) in [7, 11) is 0. The number of anilines is 1. The Morgan fingerprint density at radius 1 is 0.963 bits per heavy atom. The zero-order valence-electron chi connectivity index (χ0n) is 14.1. The Kier molecular flexibility index (Phi) is 5.32. The summed E-state index contributed by atoms with van der Waals surface area (Å²) >= 11 is 0. The van der Waals surface area contributed by atoms with Gasteiger partial charge in [0.25, 0.3) is 0 Å². The third-order valence-electron chi connectivity index (χ3n) is 4.12. The van der Waals surface area contributed by atoms with E-state index in [1.165, 1.54) is 18.2 Å². The fraction of sp³-hybridized carbons (Fsp3) is 0.150. The van der Waals surface area contributed by atoms with Crippen molar-refractivity contribution < 1.29 is 23.1 Å². The molecular weight excluding hydrogens is 357 g/mol. The Morgan fingerprint density at radius 3 is 2.41 bits per heavy atom. The molecule has 0 aliphatic carbocycles. The highest BCUT2D eigenvalue weighted by Gasteiger charge is 2.33. The number of hydrogen-bond acceptors (Lipinski definition) is 2. The van der Waals surface area contributed by atoms with Crippen molar-refractivity contribution in [3.8, 4) is 0 Å². The molecule has 3 aromatic carbocycles. The van der Waals surface area contributed by atoms with E-state index in [0.29, 0.717) is 5.56 Å². The number of para-hydroxylation sites is 1. The molecule has 0 heterocycles. The number of hydrogen-bond donors (Lipinski definition) is 3. The average molecular weight is 374 g/mol. The Hall–Kier alpha value is -3.06. The second-order valence-electron chi connectivity index (χ2n) is 5.96. The summed E-state index contributed by atoms with van der Waals surface area (Å²) in [5.74, 6) is 0. The number of aliphatic hydroxyl groups excluding tert-OH is 1. The van der Waals surface area contributed by atoms with Gasteiger partial charge in [0, 0.05) is 6.54 Å². The van der Waals surface area contributed by atoms with Crippen molar-refractivity contribution in [1.29, 1.82) is 0 Å². The maximum atomic E-state index is 13.0. The molecule has 0 spiro atoms. The van der Waals surface area contributed by atoms with Crippen LogP contribution in [-0.2, 0) is 6.18 Å². The SMILES string of the molecule is O=C(NC[C@@H](O)c1cccc2ccccc12)Nc1ccccc1C(F)(F)F. The number of benzene rings is 3. The van der Waals surface area contributed by atoms with Crippen LogP contribution < -0.4 is 10.6 Å². The van der Waals surface area contributed by atoms with E-state index in [2.05, 4.69) is 10.6 Å². The number of halogens is 3. The van der Waals surface area contributed by atoms with Gasteiger partial charge in [-0.3, -0.25) is 0 Å². The van der Waals surface area contributed by atoms with Crippen molar-refractivity contribution in [3.05, 3.63) is 77.9 Å². The molecule has 7 heteroatoms. The van der Waals surface area contributed by atoms with Gasteiger partial charge in [-0.05, 0) is 28.5 Å². The fourth-order valence-electron chi connectivity index (χ4n) is 2.85. The van der Waals surface area contributed by atoms with E-state index in [9.17, 15) is 23.1 Å². The van der Waals surface area contributed by atoms with Gasteiger partial charge in [-0.15, -0.1) is 0 Å². The van der Waals surface area contributed by atoms with E-state index >= 15 is 0 Å². The van der Waals surface area contributed by atoms with Crippen LogP contribution in [0.25, 0.3) is 10.8 Å². The van der Waals surface area contributed by atoms with Crippen LogP contribution in [0, 0.1) is 0 Å². The van der Waals surface area contributed by atoms with Crippen molar-refractivity contribution in [1.82, 2.24) is 5.32 Å². The first-order chi connectivity index (χ1) is 12.9. The summed E-state index contributed by atoms with van der Waals surface area (Å²) in [6.07, 6.45) is -5.58. The van der Waals surface area contributed by atoms with E-state index in [1.807, 2.05) is 30.3 Å². The van der Waals surface area contributed by atoms with Crippen LogP contribution in [-0.4, -0.2) is 17.7 Å². The van der Waals surface area contributed by atoms with Crippen LogP contribution >= 0.6 is 0 Å². The number of alkyl halides is 3. The number of carbonyl (C=O) groups is 1. The highest BCUT2D eigenvalue weighted by atomic mass is 19.4. The van der Waals surface area contributed by atoms with E-state index in [0.717, 1.165) is 16.8 Å². The van der Waals surface area contributed by atoms with Crippen molar-refractivity contribution in [2.24, 2.45) is 0 Å². The molecule has 0 aliphatic heterocycles. The molecule has 27 heavy (non-hydrogen) atoms. The molecule has 2 amide bonds. The molecule has 0 bridgehead atoms. The van der Waals surface area contributed by atoms with Crippen LogP contribution in [0.3, 0.4) is 0 Å². The first-order valence-electron chi connectivity index (χ1n) is 8.23. The Bertz CT molecular complexity index is 952. The van der Waals surface area contributed by atoms with Crippen LogP contribution in [0.4, 0.5) is 23.7 Å². The van der Waals surface area contributed by atoms with E-state index < -0.39 is 23.9 Å². The summed E-state index contributed by atoms with van der Waals surface area (Å²) in [5, 5.41) is 16.8. The Balaban J connectivity index is 1.68. The van der Waals surface area contributed by atoms with Gasteiger partial charge >= 0.3 is 12.2 Å². The summed E-state index contributed by atoms with van der Waals surface area (Å²) in [6, 6.07) is 16.8. The molecule has 0 unspecified atom stereocenters. The van der Waals surface area contributed by atoms with Crippen LogP contribution in [0.2, 0.25) is 0 Å². The van der Waals surface area contributed by atoms with Crippen molar-refractivity contribution in [2.45, 2.75) is 12.3 Å². The van der Waals surface area contributed by atoms with Gasteiger partial charge < -0.3 is 15.7 Å². The molecule has 4 nitrogen and oxygen atoms in total. The van der Waals surface area contributed by atoms with Crippen molar-refractivity contribution >= 4 is 22.5 Å². The molecule has 3 aromatic rings. The van der Waals surface area contributed by atoms with Gasteiger partial charge in [0.15, 0.2) is 0 Å². The molecule has 140 valence electrons. The summed E-state index contributed by atoms with van der Waals surface area (Å²) in [6.45, 7) is -0.145. The molecule has 0 aromatic heterocycles. The van der Waals surface area contributed by atoms with Crippen molar-refractivity contribution in [2.75, 3.05) is 11.9 Å².